The number of hydrogen-bond donors (Lipinski definition) is 4. The molecule has 0 spiro atoms. The summed E-state index contributed by atoms with van der Waals surface area (Å²) in [6, 6.07) is -1.13. The number of carboxylic acid groups (broad SMARTS) is 2. The lowest BCUT2D eigenvalue weighted by molar-refractivity contribution is -0.144. The zero-order valence-corrected chi connectivity index (χ0v) is 11.6. The first-order valence-corrected chi connectivity index (χ1v) is 6.84. The van der Waals surface area contributed by atoms with Crippen LogP contribution >= 0.6 is 0 Å². The van der Waals surface area contributed by atoms with Crippen LogP contribution < -0.4 is 11.5 Å². The van der Waals surface area contributed by atoms with Crippen molar-refractivity contribution in [2.75, 3.05) is 0 Å². The Labute approximate surface area is 118 Å². The van der Waals surface area contributed by atoms with Gasteiger partial charge in [-0.1, -0.05) is 25.7 Å². The van der Waals surface area contributed by atoms with Crippen LogP contribution in [0, 0.1) is 5.92 Å². The first kappa shape index (κ1) is 18.4. The van der Waals surface area contributed by atoms with Crippen LogP contribution in [0.3, 0.4) is 0 Å². The molecule has 7 nitrogen and oxygen atoms in total. The summed E-state index contributed by atoms with van der Waals surface area (Å²) in [6.45, 7) is 0. The molecule has 0 aromatic carbocycles. The largest absolute Gasteiger partial charge is 0.481 e. The summed E-state index contributed by atoms with van der Waals surface area (Å²) in [5.41, 5.74) is 10.4. The lowest BCUT2D eigenvalue weighted by Gasteiger charge is -2.14. The summed E-state index contributed by atoms with van der Waals surface area (Å²) in [4.78, 5) is 32.1. The van der Waals surface area contributed by atoms with Crippen molar-refractivity contribution in [1.82, 2.24) is 0 Å². The minimum atomic E-state index is -1.18. The van der Waals surface area contributed by atoms with Gasteiger partial charge in [-0.2, -0.15) is 0 Å². The molecule has 20 heavy (non-hydrogen) atoms. The molecule has 0 aliphatic rings. The number of primary amides is 1. The first-order valence-electron chi connectivity index (χ1n) is 6.84. The molecule has 0 fully saturated rings. The van der Waals surface area contributed by atoms with Gasteiger partial charge in [-0.25, -0.2) is 0 Å². The number of carboxylic acids is 2. The SMILES string of the molecule is NC(=O)CCCCCCCC(C[C@H](N)C(=O)O)C(=O)O. The maximum atomic E-state index is 11.0. The van der Waals surface area contributed by atoms with Gasteiger partial charge >= 0.3 is 11.9 Å². The van der Waals surface area contributed by atoms with E-state index in [1.807, 2.05) is 0 Å². The molecule has 0 rings (SSSR count). The molecular formula is C13H24N2O5. The molecule has 0 bridgehead atoms. The number of rotatable bonds is 12. The zero-order valence-electron chi connectivity index (χ0n) is 11.6. The highest BCUT2D eigenvalue weighted by atomic mass is 16.4. The van der Waals surface area contributed by atoms with E-state index < -0.39 is 23.9 Å². The van der Waals surface area contributed by atoms with Crippen molar-refractivity contribution in [2.24, 2.45) is 17.4 Å². The summed E-state index contributed by atoms with van der Waals surface area (Å²) in [7, 11) is 0. The average Bonchev–Trinajstić information content (AvgIpc) is 2.35. The standard InChI is InChI=1S/C13H24N2O5/c14-10(13(19)20)8-9(12(17)18)6-4-2-1-3-5-7-11(15)16/h9-10H,1-8,14H2,(H2,15,16)(H,17,18)(H,19,20)/t9?,10-/m0/s1. The first-order chi connectivity index (χ1) is 9.34. The Bertz CT molecular complexity index is 333. The Hall–Kier alpha value is -1.63. The highest BCUT2D eigenvalue weighted by Gasteiger charge is 2.23. The van der Waals surface area contributed by atoms with Crippen LogP contribution in [0.4, 0.5) is 0 Å². The summed E-state index contributed by atoms with van der Waals surface area (Å²) in [6.07, 6.45) is 4.86. The van der Waals surface area contributed by atoms with Gasteiger partial charge in [0, 0.05) is 6.42 Å². The van der Waals surface area contributed by atoms with E-state index in [2.05, 4.69) is 0 Å². The lowest BCUT2D eigenvalue weighted by atomic mass is 9.94. The zero-order chi connectivity index (χ0) is 15.5. The minimum absolute atomic E-state index is 0.0493. The fourth-order valence-corrected chi connectivity index (χ4v) is 1.97. The second-order valence-corrected chi connectivity index (χ2v) is 4.99. The van der Waals surface area contributed by atoms with Crippen molar-refractivity contribution >= 4 is 17.8 Å². The molecule has 6 N–H and O–H groups in total. The Balaban J connectivity index is 3.79. The Kier molecular flexibility index (Phi) is 9.36. The Morgan fingerprint density at radius 3 is 1.95 bits per heavy atom. The number of carbonyl (C=O) groups is 3. The third kappa shape index (κ3) is 9.32. The van der Waals surface area contributed by atoms with Gasteiger partial charge in [-0.15, -0.1) is 0 Å². The number of hydrogen-bond acceptors (Lipinski definition) is 4. The van der Waals surface area contributed by atoms with E-state index in [9.17, 15) is 14.4 Å². The molecule has 116 valence electrons. The monoisotopic (exact) mass is 288 g/mol. The molecular weight excluding hydrogens is 264 g/mol. The highest BCUT2D eigenvalue weighted by molar-refractivity contribution is 5.75. The number of carbonyl (C=O) groups excluding carboxylic acids is 1. The smallest absolute Gasteiger partial charge is 0.320 e. The van der Waals surface area contributed by atoms with Crippen LogP contribution in [0.15, 0.2) is 0 Å². The third-order valence-corrected chi connectivity index (χ3v) is 3.18. The quantitative estimate of drug-likeness (QED) is 0.389. The summed E-state index contributed by atoms with van der Waals surface area (Å²) >= 11 is 0. The van der Waals surface area contributed by atoms with Gasteiger partial charge in [0.05, 0.1) is 5.92 Å². The van der Waals surface area contributed by atoms with Crippen LogP contribution in [-0.2, 0) is 14.4 Å². The fraction of sp³-hybridized carbons (Fsp3) is 0.769. The van der Waals surface area contributed by atoms with Crippen molar-refractivity contribution in [2.45, 2.75) is 57.4 Å². The Morgan fingerprint density at radius 1 is 0.900 bits per heavy atom. The van der Waals surface area contributed by atoms with E-state index in [4.69, 9.17) is 21.7 Å². The van der Waals surface area contributed by atoms with Gasteiger partial charge in [0.15, 0.2) is 0 Å². The highest BCUT2D eigenvalue weighted by Crippen LogP contribution is 2.17. The van der Waals surface area contributed by atoms with E-state index in [1.165, 1.54) is 0 Å². The van der Waals surface area contributed by atoms with E-state index in [1.54, 1.807) is 0 Å². The molecule has 0 saturated carbocycles. The molecule has 0 aromatic rings. The van der Waals surface area contributed by atoms with E-state index in [0.29, 0.717) is 19.3 Å². The van der Waals surface area contributed by atoms with Gasteiger partial charge in [0.2, 0.25) is 5.91 Å². The summed E-state index contributed by atoms with van der Waals surface area (Å²) < 4.78 is 0. The molecule has 0 saturated heterocycles. The maximum absolute atomic E-state index is 11.0. The topological polar surface area (TPSA) is 144 Å². The van der Waals surface area contributed by atoms with Gasteiger partial charge in [0.25, 0.3) is 0 Å². The fourth-order valence-electron chi connectivity index (χ4n) is 1.97. The van der Waals surface area contributed by atoms with Crippen molar-refractivity contribution in [3.63, 3.8) is 0 Å². The molecule has 0 aliphatic heterocycles. The van der Waals surface area contributed by atoms with Crippen molar-refractivity contribution in [3.8, 4) is 0 Å². The summed E-state index contributed by atoms with van der Waals surface area (Å²) in [5.74, 6) is -3.21. The van der Waals surface area contributed by atoms with Crippen LogP contribution in [0.1, 0.15) is 51.4 Å². The second-order valence-electron chi connectivity index (χ2n) is 4.99. The average molecular weight is 288 g/mol. The maximum Gasteiger partial charge on any atom is 0.320 e. The molecule has 2 atom stereocenters. The normalized spacial score (nSPS) is 13.7. The number of aliphatic carboxylic acids is 2. The Morgan fingerprint density at radius 2 is 1.45 bits per heavy atom. The van der Waals surface area contributed by atoms with Crippen molar-refractivity contribution < 1.29 is 24.6 Å². The van der Waals surface area contributed by atoms with Crippen LogP contribution in [0.25, 0.3) is 0 Å². The van der Waals surface area contributed by atoms with Gasteiger partial charge in [-0.05, 0) is 19.3 Å². The number of amides is 1. The predicted octanol–water partition coefficient (Wildman–Crippen LogP) is 0.705. The lowest BCUT2D eigenvalue weighted by Crippen LogP contribution is -2.34. The van der Waals surface area contributed by atoms with Crippen LogP contribution in [0.5, 0.6) is 0 Å². The van der Waals surface area contributed by atoms with Gasteiger partial charge in [0.1, 0.15) is 6.04 Å². The van der Waals surface area contributed by atoms with Gasteiger partial charge < -0.3 is 21.7 Å². The van der Waals surface area contributed by atoms with Crippen LogP contribution in [-0.4, -0.2) is 34.1 Å². The molecule has 0 aromatic heterocycles. The number of unbranched alkanes of at least 4 members (excludes halogenated alkanes) is 4. The second kappa shape index (κ2) is 10.2. The van der Waals surface area contributed by atoms with Gasteiger partial charge in [-0.3, -0.25) is 14.4 Å². The van der Waals surface area contributed by atoms with Crippen molar-refractivity contribution in [3.05, 3.63) is 0 Å². The minimum Gasteiger partial charge on any atom is -0.481 e. The van der Waals surface area contributed by atoms with Crippen molar-refractivity contribution in [1.29, 1.82) is 0 Å². The number of nitrogens with two attached hydrogens (primary N) is 2. The molecule has 7 heteroatoms. The molecule has 0 heterocycles. The van der Waals surface area contributed by atoms with Crippen LogP contribution in [0.2, 0.25) is 0 Å². The molecule has 0 aliphatic carbocycles. The third-order valence-electron chi connectivity index (χ3n) is 3.18. The van der Waals surface area contributed by atoms with E-state index >= 15 is 0 Å². The van der Waals surface area contributed by atoms with E-state index in [0.717, 1.165) is 25.7 Å². The predicted molar refractivity (Wildman–Crippen MR) is 72.9 cm³/mol. The molecule has 1 unspecified atom stereocenters. The van der Waals surface area contributed by atoms with E-state index in [-0.39, 0.29) is 12.3 Å². The molecule has 1 amide bonds. The summed E-state index contributed by atoms with van der Waals surface area (Å²) in [5, 5.41) is 17.7. The molecule has 0 radical (unpaired) electrons.